The van der Waals surface area contributed by atoms with Gasteiger partial charge < -0.3 is 15.2 Å². The van der Waals surface area contributed by atoms with Gasteiger partial charge in [-0.05, 0) is 24.6 Å². The molecule has 17 heavy (non-hydrogen) atoms. The first-order valence-corrected chi connectivity index (χ1v) is 5.46. The molecule has 0 spiro atoms. The minimum atomic E-state index is -0.703. The van der Waals surface area contributed by atoms with Crippen molar-refractivity contribution in [2.24, 2.45) is 5.73 Å². The Morgan fingerprint density at radius 1 is 1.59 bits per heavy atom. The van der Waals surface area contributed by atoms with E-state index in [0.717, 1.165) is 0 Å². The average molecular weight is 239 g/mol. The molecule has 2 N–H and O–H groups in total. The Morgan fingerprint density at radius 2 is 2.35 bits per heavy atom. The van der Waals surface area contributed by atoms with Crippen molar-refractivity contribution in [1.29, 1.82) is 0 Å². The highest BCUT2D eigenvalue weighted by molar-refractivity contribution is 5.76. The molecule has 1 fully saturated rings. The second-order valence-electron chi connectivity index (χ2n) is 4.04. The first kappa shape index (κ1) is 11.9. The van der Waals surface area contributed by atoms with Gasteiger partial charge in [0.05, 0.1) is 6.61 Å². The third-order valence-corrected chi connectivity index (χ3v) is 2.64. The van der Waals surface area contributed by atoms with Crippen molar-refractivity contribution in [3.63, 3.8) is 0 Å². The van der Waals surface area contributed by atoms with Gasteiger partial charge in [0.2, 0.25) is 0 Å². The zero-order valence-corrected chi connectivity index (χ0v) is 9.48. The lowest BCUT2D eigenvalue weighted by Gasteiger charge is -2.12. The van der Waals surface area contributed by atoms with Gasteiger partial charge in [-0.1, -0.05) is 6.07 Å². The Balaban J connectivity index is 2.14. The summed E-state index contributed by atoms with van der Waals surface area (Å²) >= 11 is 0. The highest BCUT2D eigenvalue weighted by Gasteiger charge is 2.29. The summed E-state index contributed by atoms with van der Waals surface area (Å²) in [4.78, 5) is 11.2. The summed E-state index contributed by atoms with van der Waals surface area (Å²) < 4.78 is 23.7. The van der Waals surface area contributed by atoms with E-state index in [0.29, 0.717) is 18.6 Å². The Bertz CT molecular complexity index is 434. The van der Waals surface area contributed by atoms with E-state index in [1.54, 1.807) is 13.0 Å². The van der Waals surface area contributed by atoms with Crippen LogP contribution < -0.4 is 10.5 Å². The fourth-order valence-corrected chi connectivity index (χ4v) is 1.63. The summed E-state index contributed by atoms with van der Waals surface area (Å²) in [7, 11) is 0. The third-order valence-electron chi connectivity index (χ3n) is 2.64. The zero-order chi connectivity index (χ0) is 12.4. The van der Waals surface area contributed by atoms with Crippen molar-refractivity contribution in [1.82, 2.24) is 0 Å². The van der Waals surface area contributed by atoms with Gasteiger partial charge in [-0.3, -0.25) is 0 Å². The predicted molar refractivity (Wildman–Crippen MR) is 59.0 cm³/mol. The van der Waals surface area contributed by atoms with Crippen molar-refractivity contribution in [2.45, 2.75) is 25.5 Å². The third kappa shape index (κ3) is 2.55. The van der Waals surface area contributed by atoms with E-state index in [2.05, 4.69) is 0 Å². The molecule has 1 unspecified atom stereocenters. The Labute approximate surface area is 98.5 Å². The second-order valence-corrected chi connectivity index (χ2v) is 4.04. The van der Waals surface area contributed by atoms with Crippen molar-refractivity contribution in [2.75, 3.05) is 6.61 Å². The van der Waals surface area contributed by atoms with Crippen LogP contribution in [0.3, 0.4) is 0 Å². The van der Waals surface area contributed by atoms with Crippen LogP contribution >= 0.6 is 0 Å². The summed E-state index contributed by atoms with van der Waals surface area (Å²) in [6, 6.07) is 4.25. The number of esters is 1. The van der Waals surface area contributed by atoms with Crippen molar-refractivity contribution in [3.05, 3.63) is 29.6 Å². The van der Waals surface area contributed by atoms with Crippen LogP contribution in [-0.2, 0) is 9.53 Å². The second kappa shape index (κ2) is 4.71. The molecule has 1 aliphatic rings. The lowest BCUT2D eigenvalue weighted by atomic mass is 10.1. The quantitative estimate of drug-likeness (QED) is 0.813. The van der Waals surface area contributed by atoms with Crippen LogP contribution in [0.2, 0.25) is 0 Å². The topological polar surface area (TPSA) is 61.6 Å². The number of carbonyl (C=O) groups excluding carboxylic acids is 1. The molecule has 2 rings (SSSR count). The lowest BCUT2D eigenvalue weighted by Crippen LogP contribution is -2.22. The molecule has 0 aliphatic carbocycles. The minimum Gasteiger partial charge on any atom is -0.476 e. The largest absolute Gasteiger partial charge is 0.476 e. The highest BCUT2D eigenvalue weighted by atomic mass is 19.1. The monoisotopic (exact) mass is 239 g/mol. The molecule has 1 aromatic rings. The van der Waals surface area contributed by atoms with Crippen molar-refractivity contribution in [3.8, 4) is 5.75 Å². The average Bonchev–Trinajstić information content (AvgIpc) is 2.67. The number of ether oxygens (including phenoxy) is 2. The maximum absolute atomic E-state index is 13.7. The minimum absolute atomic E-state index is 0.0539. The molecule has 1 aliphatic heterocycles. The van der Waals surface area contributed by atoms with Gasteiger partial charge in [0.25, 0.3) is 0 Å². The molecule has 2 atom stereocenters. The summed E-state index contributed by atoms with van der Waals surface area (Å²) in [5.74, 6) is -0.904. The smallest absolute Gasteiger partial charge is 0.347 e. The van der Waals surface area contributed by atoms with Gasteiger partial charge in [0.15, 0.2) is 17.7 Å². The summed E-state index contributed by atoms with van der Waals surface area (Å²) in [6.07, 6.45) is -0.251. The fraction of sp³-hybridized carbons (Fsp3) is 0.417. The number of halogens is 1. The molecule has 92 valence electrons. The molecular formula is C12H14FNO3. The molecule has 0 saturated carbocycles. The first-order chi connectivity index (χ1) is 8.08. The molecule has 0 bridgehead atoms. The predicted octanol–water partition coefficient (Wildman–Crippen LogP) is 1.54. The summed E-state index contributed by atoms with van der Waals surface area (Å²) in [6.45, 7) is 2.09. The molecule has 1 heterocycles. The maximum atomic E-state index is 13.7. The molecule has 0 amide bonds. The van der Waals surface area contributed by atoms with Gasteiger partial charge in [0, 0.05) is 12.5 Å². The number of rotatable bonds is 3. The van der Waals surface area contributed by atoms with Crippen LogP contribution in [0.25, 0.3) is 0 Å². The highest BCUT2D eigenvalue weighted by Crippen LogP contribution is 2.24. The lowest BCUT2D eigenvalue weighted by molar-refractivity contribution is -0.143. The van der Waals surface area contributed by atoms with Crippen molar-refractivity contribution < 1.29 is 18.7 Å². The van der Waals surface area contributed by atoms with E-state index in [-0.39, 0.29) is 11.8 Å². The van der Waals surface area contributed by atoms with E-state index < -0.39 is 17.9 Å². The number of nitrogens with two attached hydrogens (primary N) is 1. The standard InChI is InChI=1S/C12H14FNO3/c1-7(14)8-2-3-10(9(13)6-8)17-11-4-5-16-12(11)15/h2-3,6-7,11H,4-5,14H2,1H3/t7-,11?/m1/s1. The normalized spacial score (nSPS) is 21.1. The van der Waals surface area contributed by atoms with Crippen molar-refractivity contribution >= 4 is 5.97 Å². The van der Waals surface area contributed by atoms with Crippen LogP contribution in [0.4, 0.5) is 4.39 Å². The van der Waals surface area contributed by atoms with E-state index in [9.17, 15) is 9.18 Å². The van der Waals surface area contributed by atoms with Gasteiger partial charge in [0.1, 0.15) is 0 Å². The molecule has 0 radical (unpaired) electrons. The van der Waals surface area contributed by atoms with Gasteiger partial charge >= 0.3 is 5.97 Å². The van der Waals surface area contributed by atoms with Crippen LogP contribution in [-0.4, -0.2) is 18.7 Å². The van der Waals surface area contributed by atoms with E-state index in [4.69, 9.17) is 15.2 Å². The van der Waals surface area contributed by atoms with Gasteiger partial charge in [-0.2, -0.15) is 0 Å². The summed E-state index contributed by atoms with van der Waals surface area (Å²) in [5, 5.41) is 0. The van der Waals surface area contributed by atoms with Crippen LogP contribution in [0.5, 0.6) is 5.75 Å². The SMILES string of the molecule is C[C@@H](N)c1ccc(OC2CCOC2=O)c(F)c1. The maximum Gasteiger partial charge on any atom is 0.347 e. The van der Waals surface area contributed by atoms with Crippen LogP contribution in [0, 0.1) is 5.82 Å². The molecule has 4 nitrogen and oxygen atoms in total. The Morgan fingerprint density at radius 3 is 2.88 bits per heavy atom. The molecular weight excluding hydrogens is 225 g/mol. The fourth-order valence-electron chi connectivity index (χ4n) is 1.63. The number of hydrogen-bond donors (Lipinski definition) is 1. The van der Waals surface area contributed by atoms with E-state index >= 15 is 0 Å². The number of hydrogen-bond acceptors (Lipinski definition) is 4. The van der Waals surface area contributed by atoms with E-state index in [1.165, 1.54) is 12.1 Å². The van der Waals surface area contributed by atoms with Crippen LogP contribution in [0.15, 0.2) is 18.2 Å². The van der Waals surface area contributed by atoms with Gasteiger partial charge in [-0.25, -0.2) is 9.18 Å². The molecule has 1 aromatic carbocycles. The van der Waals surface area contributed by atoms with E-state index in [1.807, 2.05) is 0 Å². The Kier molecular flexibility index (Phi) is 3.28. The zero-order valence-electron chi connectivity index (χ0n) is 9.48. The number of carbonyl (C=O) groups is 1. The molecule has 5 heteroatoms. The Hall–Kier alpha value is -1.62. The molecule has 0 aromatic heterocycles. The number of benzene rings is 1. The van der Waals surface area contributed by atoms with Gasteiger partial charge in [-0.15, -0.1) is 0 Å². The molecule has 1 saturated heterocycles. The first-order valence-electron chi connectivity index (χ1n) is 5.46. The van der Waals surface area contributed by atoms with Crippen LogP contribution in [0.1, 0.15) is 24.9 Å². The number of cyclic esters (lactones) is 1. The summed E-state index contributed by atoms with van der Waals surface area (Å²) in [5.41, 5.74) is 6.32.